The first kappa shape index (κ1) is 20.8. The van der Waals surface area contributed by atoms with Gasteiger partial charge in [-0.05, 0) is 49.2 Å². The van der Waals surface area contributed by atoms with Gasteiger partial charge in [0.1, 0.15) is 28.3 Å². The second kappa shape index (κ2) is 8.62. The summed E-state index contributed by atoms with van der Waals surface area (Å²) in [5.74, 6) is 1.99. The molecule has 3 aromatic rings. The van der Waals surface area contributed by atoms with Crippen molar-refractivity contribution in [3.8, 4) is 23.3 Å². The second-order valence-corrected chi connectivity index (χ2v) is 7.29. The van der Waals surface area contributed by atoms with Crippen LogP contribution in [-0.2, 0) is 12.6 Å². The van der Waals surface area contributed by atoms with E-state index >= 15 is 0 Å². The molecule has 150 valence electrons. The first-order chi connectivity index (χ1) is 13.8. The molecule has 0 N–H and O–H groups in total. The third-order valence-electron chi connectivity index (χ3n) is 4.18. The highest BCUT2D eigenvalue weighted by molar-refractivity contribution is 7.99. The largest absolute Gasteiger partial charge is 0.497 e. The molecule has 29 heavy (non-hydrogen) atoms. The van der Waals surface area contributed by atoms with E-state index in [0.717, 1.165) is 29.1 Å². The monoisotopic (exact) mass is 418 g/mol. The number of methoxy groups -OCH3 is 1. The van der Waals surface area contributed by atoms with Crippen LogP contribution >= 0.6 is 11.8 Å². The van der Waals surface area contributed by atoms with E-state index in [1.807, 2.05) is 24.3 Å². The van der Waals surface area contributed by atoms with Gasteiger partial charge in [-0.15, -0.1) is 11.8 Å². The summed E-state index contributed by atoms with van der Waals surface area (Å²) < 4.78 is 51.2. The minimum Gasteiger partial charge on any atom is -0.497 e. The molecule has 1 aromatic carbocycles. The van der Waals surface area contributed by atoms with Crippen LogP contribution in [0.1, 0.15) is 22.5 Å². The molecule has 0 aliphatic heterocycles. The van der Waals surface area contributed by atoms with Gasteiger partial charge >= 0.3 is 6.18 Å². The summed E-state index contributed by atoms with van der Waals surface area (Å²) in [5.41, 5.74) is -0.419. The van der Waals surface area contributed by atoms with Gasteiger partial charge in [0, 0.05) is 5.75 Å². The zero-order valence-electron chi connectivity index (χ0n) is 15.7. The molecule has 2 heterocycles. The second-order valence-electron chi connectivity index (χ2n) is 6.20. The maximum Gasteiger partial charge on any atom is 0.417 e. The average molecular weight is 418 g/mol. The van der Waals surface area contributed by atoms with Crippen LogP contribution in [0.2, 0.25) is 0 Å². The summed E-state index contributed by atoms with van der Waals surface area (Å²) in [6, 6.07) is 13.2. The van der Waals surface area contributed by atoms with Crippen LogP contribution < -0.4 is 4.74 Å². The Balaban J connectivity index is 1.90. The number of halogens is 3. The van der Waals surface area contributed by atoms with E-state index in [0.29, 0.717) is 17.9 Å². The predicted octanol–water partition coefficient (Wildman–Crippen LogP) is 5.88. The molecule has 0 unspecified atom stereocenters. The average Bonchev–Trinajstić information content (AvgIpc) is 3.13. The Morgan fingerprint density at radius 2 is 1.90 bits per heavy atom. The normalized spacial score (nSPS) is 11.3. The number of hydrogen-bond acceptors (Lipinski definition) is 5. The maximum atomic E-state index is 13.5. The molecule has 2 aromatic heterocycles. The van der Waals surface area contributed by atoms with Gasteiger partial charge in [-0.25, -0.2) is 4.98 Å². The fourth-order valence-electron chi connectivity index (χ4n) is 2.71. The molecule has 0 saturated heterocycles. The Labute approximate surface area is 170 Å². The van der Waals surface area contributed by atoms with Crippen LogP contribution in [0.25, 0.3) is 11.5 Å². The summed E-state index contributed by atoms with van der Waals surface area (Å²) >= 11 is 1.12. The molecule has 3 rings (SSSR count). The van der Waals surface area contributed by atoms with Crippen molar-refractivity contribution in [1.82, 2.24) is 4.98 Å². The third-order valence-corrected chi connectivity index (χ3v) is 5.16. The summed E-state index contributed by atoms with van der Waals surface area (Å²) in [6.07, 6.45) is -4.07. The molecular weight excluding hydrogens is 401 g/mol. The van der Waals surface area contributed by atoms with E-state index in [4.69, 9.17) is 9.15 Å². The summed E-state index contributed by atoms with van der Waals surface area (Å²) in [5, 5.41) is 9.40. The molecule has 0 bridgehead atoms. The van der Waals surface area contributed by atoms with Crippen LogP contribution in [0.3, 0.4) is 0 Å². The maximum absolute atomic E-state index is 13.5. The van der Waals surface area contributed by atoms with E-state index in [9.17, 15) is 18.4 Å². The quantitative estimate of drug-likeness (QED) is 0.468. The van der Waals surface area contributed by atoms with Crippen molar-refractivity contribution in [2.24, 2.45) is 0 Å². The number of alkyl halides is 3. The van der Waals surface area contributed by atoms with Crippen molar-refractivity contribution in [1.29, 1.82) is 5.26 Å². The number of aryl methyl sites for hydroxylation is 2. The molecule has 0 saturated carbocycles. The number of nitrogens with zero attached hydrogens (tertiary/aromatic N) is 2. The molecule has 8 heteroatoms. The van der Waals surface area contributed by atoms with Crippen molar-refractivity contribution in [3.05, 3.63) is 64.9 Å². The van der Waals surface area contributed by atoms with E-state index in [1.165, 1.54) is 0 Å². The van der Waals surface area contributed by atoms with Gasteiger partial charge in [0.05, 0.1) is 18.2 Å². The van der Waals surface area contributed by atoms with Crippen LogP contribution in [0.4, 0.5) is 13.2 Å². The number of furan rings is 1. The Morgan fingerprint density at radius 3 is 2.45 bits per heavy atom. The highest BCUT2D eigenvalue weighted by Gasteiger charge is 2.36. The van der Waals surface area contributed by atoms with E-state index in [-0.39, 0.29) is 16.5 Å². The lowest BCUT2D eigenvalue weighted by Crippen LogP contribution is -2.10. The van der Waals surface area contributed by atoms with Crippen molar-refractivity contribution < 1.29 is 22.3 Å². The fourth-order valence-corrected chi connectivity index (χ4v) is 3.71. The minimum absolute atomic E-state index is 0.0416. The van der Waals surface area contributed by atoms with E-state index in [1.54, 1.807) is 32.2 Å². The summed E-state index contributed by atoms with van der Waals surface area (Å²) in [7, 11) is 1.58. The summed E-state index contributed by atoms with van der Waals surface area (Å²) in [6.45, 7) is 1.70. The van der Waals surface area contributed by atoms with Crippen molar-refractivity contribution in [2.75, 3.05) is 12.9 Å². The lowest BCUT2D eigenvalue weighted by molar-refractivity contribution is -0.138. The zero-order chi connectivity index (χ0) is 21.0. The van der Waals surface area contributed by atoms with Gasteiger partial charge in [0.15, 0.2) is 5.76 Å². The Hall–Kier alpha value is -2.92. The Morgan fingerprint density at radius 1 is 1.17 bits per heavy atom. The minimum atomic E-state index is -4.67. The lowest BCUT2D eigenvalue weighted by atomic mass is 10.1. The summed E-state index contributed by atoms with van der Waals surface area (Å²) in [4.78, 5) is 4.29. The molecule has 0 radical (unpaired) electrons. The van der Waals surface area contributed by atoms with Crippen molar-refractivity contribution in [3.63, 3.8) is 0 Å². The van der Waals surface area contributed by atoms with Crippen LogP contribution in [0.15, 0.2) is 51.9 Å². The van der Waals surface area contributed by atoms with Gasteiger partial charge in [-0.2, -0.15) is 18.4 Å². The number of thioether (sulfide) groups is 1. The number of rotatable bonds is 6. The molecule has 0 spiro atoms. The Bertz CT molecular complexity index is 1040. The van der Waals surface area contributed by atoms with Gasteiger partial charge in [0.25, 0.3) is 0 Å². The topological polar surface area (TPSA) is 59.1 Å². The molecule has 0 amide bonds. The van der Waals surface area contributed by atoms with Gasteiger partial charge in [-0.1, -0.05) is 12.1 Å². The smallest absolute Gasteiger partial charge is 0.417 e. The number of aromatic nitrogens is 1. The molecule has 0 aliphatic carbocycles. The molecule has 0 aliphatic rings. The number of pyridine rings is 1. The van der Waals surface area contributed by atoms with Crippen LogP contribution in [-0.4, -0.2) is 17.8 Å². The lowest BCUT2D eigenvalue weighted by Gasteiger charge is -2.13. The molecule has 0 fully saturated rings. The van der Waals surface area contributed by atoms with Crippen LogP contribution in [0, 0.1) is 18.3 Å². The number of hydrogen-bond donors (Lipinski definition) is 0. The van der Waals surface area contributed by atoms with Crippen LogP contribution in [0.5, 0.6) is 5.75 Å². The van der Waals surface area contributed by atoms with E-state index in [2.05, 4.69) is 4.98 Å². The molecule has 0 atom stereocenters. The number of ether oxygens (including phenoxy) is 1. The Kier molecular flexibility index (Phi) is 6.18. The first-order valence-corrected chi connectivity index (χ1v) is 9.65. The van der Waals surface area contributed by atoms with Gasteiger partial charge in [-0.3, -0.25) is 0 Å². The van der Waals surface area contributed by atoms with Gasteiger partial charge in [0.2, 0.25) is 0 Å². The number of nitriles is 1. The van der Waals surface area contributed by atoms with Crippen molar-refractivity contribution >= 4 is 11.8 Å². The van der Waals surface area contributed by atoms with Gasteiger partial charge < -0.3 is 9.15 Å². The number of benzene rings is 1. The fraction of sp³-hybridized carbons (Fsp3) is 0.238. The SMILES string of the molecule is COc1ccc(CCSc2nc(-c3ccc(C)o3)cc(C(F)(F)F)c2C#N)cc1. The highest BCUT2D eigenvalue weighted by Crippen LogP contribution is 2.38. The molecule has 4 nitrogen and oxygen atoms in total. The molecular formula is C21H17F3N2O2S. The van der Waals surface area contributed by atoms with Crippen molar-refractivity contribution in [2.45, 2.75) is 24.5 Å². The highest BCUT2D eigenvalue weighted by atomic mass is 32.2. The third kappa shape index (κ3) is 4.93. The van der Waals surface area contributed by atoms with E-state index < -0.39 is 17.3 Å². The predicted molar refractivity (Wildman–Crippen MR) is 104 cm³/mol. The zero-order valence-corrected chi connectivity index (χ0v) is 16.5. The first-order valence-electron chi connectivity index (χ1n) is 8.66. The standard InChI is InChI=1S/C21H17F3N2O2S/c1-13-3-8-19(28-13)18-11-17(21(22,23)24)16(12-25)20(26-18)29-10-9-14-4-6-15(27-2)7-5-14/h3-8,11H,9-10H2,1-2H3.